The lowest BCUT2D eigenvalue weighted by Gasteiger charge is -2.41. The van der Waals surface area contributed by atoms with Crippen molar-refractivity contribution in [3.05, 3.63) is 0 Å². The first-order valence-electron chi connectivity index (χ1n) is 7.77. The topological polar surface area (TPSA) is 214 Å². The fraction of sp³-hybridized carbons (Fsp3) is 0.857. The van der Waals surface area contributed by atoms with Crippen LogP contribution in [0.2, 0.25) is 0 Å². The van der Waals surface area contributed by atoms with E-state index in [0.29, 0.717) is 0 Å². The van der Waals surface area contributed by atoms with Gasteiger partial charge in [0.25, 0.3) is 0 Å². The summed E-state index contributed by atoms with van der Waals surface area (Å²) in [5, 5.41) is 76.4. The Balaban J connectivity index is 2.97. The minimum atomic E-state index is -1.99. The van der Waals surface area contributed by atoms with Crippen LogP contribution in [0.1, 0.15) is 13.3 Å². The van der Waals surface area contributed by atoms with Crippen LogP contribution in [-0.2, 0) is 19.1 Å². The first kappa shape index (κ1) is 22.8. The van der Waals surface area contributed by atoms with Crippen molar-refractivity contribution < 1.29 is 59.9 Å². The summed E-state index contributed by atoms with van der Waals surface area (Å²) in [5.41, 5.74) is 0. The van der Waals surface area contributed by atoms with Crippen LogP contribution in [0.25, 0.3) is 0 Å². The molecule has 12 nitrogen and oxygen atoms in total. The van der Waals surface area contributed by atoms with Gasteiger partial charge in [0.1, 0.15) is 36.6 Å². The van der Waals surface area contributed by atoms with Crippen LogP contribution in [0.5, 0.6) is 0 Å². The van der Waals surface area contributed by atoms with E-state index < -0.39 is 79.9 Å². The SMILES string of the molecule is C[C@@H]1O[C@@H](O[C@@H]([C@H](O)[C@H](O)CO)[C@H](O)CC(=O)C(=O)O)[C@H](O)[C@H](O)[C@H]1O. The third kappa shape index (κ3) is 5.39. The monoisotopic (exact) mass is 384 g/mol. The second-order valence-electron chi connectivity index (χ2n) is 6.02. The number of rotatable bonds is 9. The summed E-state index contributed by atoms with van der Waals surface area (Å²) in [7, 11) is 0. The Labute approximate surface area is 147 Å². The molecule has 1 aliphatic heterocycles. The molecule has 1 saturated heterocycles. The maximum Gasteiger partial charge on any atom is 0.372 e. The molecule has 1 rings (SSSR count). The van der Waals surface area contributed by atoms with Crippen LogP contribution in [0, 0.1) is 0 Å². The number of carbonyl (C=O) groups excluding carboxylic acids is 1. The van der Waals surface area contributed by atoms with Gasteiger partial charge in [-0.3, -0.25) is 4.79 Å². The molecule has 0 spiro atoms. The predicted molar refractivity (Wildman–Crippen MR) is 79.6 cm³/mol. The van der Waals surface area contributed by atoms with Crippen LogP contribution >= 0.6 is 0 Å². The number of aliphatic hydroxyl groups is 7. The Morgan fingerprint density at radius 1 is 1.04 bits per heavy atom. The Hall–Kier alpha value is -1.22. The fourth-order valence-electron chi connectivity index (χ4n) is 2.40. The number of hydrogen-bond donors (Lipinski definition) is 8. The molecule has 1 aliphatic rings. The van der Waals surface area contributed by atoms with Crippen molar-refractivity contribution in [2.45, 2.75) is 68.5 Å². The molecule has 8 N–H and O–H groups in total. The van der Waals surface area contributed by atoms with E-state index in [-0.39, 0.29) is 0 Å². The maximum atomic E-state index is 11.3. The van der Waals surface area contributed by atoms with Gasteiger partial charge in [-0.15, -0.1) is 0 Å². The van der Waals surface area contributed by atoms with Gasteiger partial charge in [-0.2, -0.15) is 0 Å². The largest absolute Gasteiger partial charge is 0.475 e. The molecule has 1 heterocycles. The van der Waals surface area contributed by atoms with Crippen LogP contribution in [0.3, 0.4) is 0 Å². The average Bonchev–Trinajstić information content (AvgIpc) is 2.60. The summed E-state index contributed by atoms with van der Waals surface area (Å²) in [6.45, 7) is 0.390. The van der Waals surface area contributed by atoms with E-state index in [4.69, 9.17) is 19.7 Å². The Morgan fingerprint density at radius 2 is 1.62 bits per heavy atom. The molecule has 0 aromatic rings. The second-order valence-corrected chi connectivity index (χ2v) is 6.02. The number of carboxylic acid groups (broad SMARTS) is 1. The third-order valence-corrected chi connectivity index (χ3v) is 4.03. The molecule has 152 valence electrons. The van der Waals surface area contributed by atoms with Crippen molar-refractivity contribution in [2.24, 2.45) is 0 Å². The molecule has 9 atom stereocenters. The van der Waals surface area contributed by atoms with E-state index in [9.17, 15) is 40.2 Å². The zero-order valence-electron chi connectivity index (χ0n) is 13.8. The highest BCUT2D eigenvalue weighted by molar-refractivity contribution is 6.32. The van der Waals surface area contributed by atoms with E-state index in [1.165, 1.54) is 6.92 Å². The molecule has 0 aliphatic carbocycles. The Kier molecular flexibility index (Phi) is 8.46. The number of hydrogen-bond acceptors (Lipinski definition) is 11. The summed E-state index contributed by atoms with van der Waals surface area (Å²) in [5.74, 6) is -3.26. The molecule has 0 aromatic heterocycles. The van der Waals surface area contributed by atoms with Gasteiger partial charge in [-0.25, -0.2) is 4.79 Å². The van der Waals surface area contributed by atoms with Gasteiger partial charge in [0.15, 0.2) is 6.29 Å². The van der Waals surface area contributed by atoms with Crippen molar-refractivity contribution in [3.8, 4) is 0 Å². The van der Waals surface area contributed by atoms with E-state index >= 15 is 0 Å². The highest BCUT2D eigenvalue weighted by Gasteiger charge is 2.46. The molecule has 26 heavy (non-hydrogen) atoms. The van der Waals surface area contributed by atoms with E-state index in [2.05, 4.69) is 0 Å². The molecular weight excluding hydrogens is 360 g/mol. The Morgan fingerprint density at radius 3 is 2.12 bits per heavy atom. The lowest BCUT2D eigenvalue weighted by Crippen LogP contribution is -2.60. The van der Waals surface area contributed by atoms with Crippen LogP contribution in [0.4, 0.5) is 0 Å². The van der Waals surface area contributed by atoms with Crippen molar-refractivity contribution >= 4 is 11.8 Å². The third-order valence-electron chi connectivity index (χ3n) is 4.03. The summed E-state index contributed by atoms with van der Waals surface area (Å²) in [6, 6.07) is 0. The summed E-state index contributed by atoms with van der Waals surface area (Å²) < 4.78 is 10.3. The van der Waals surface area contributed by atoms with E-state index in [1.807, 2.05) is 0 Å². The van der Waals surface area contributed by atoms with Crippen LogP contribution in [-0.4, -0.2) is 114 Å². The van der Waals surface area contributed by atoms with Gasteiger partial charge in [0, 0.05) is 6.42 Å². The van der Waals surface area contributed by atoms with Gasteiger partial charge in [0.2, 0.25) is 5.78 Å². The van der Waals surface area contributed by atoms with Crippen LogP contribution in [0.15, 0.2) is 0 Å². The standard InChI is InChI=1S/C14H24O12/c1-4-8(19)10(21)11(22)14(25-4)26-12(9(20)7(18)3-15)5(16)2-6(17)13(23)24/h4-5,7-12,14-16,18-22H,2-3H2,1H3,(H,23,24)/t4-,5+,7+,8-,9+,10+,11+,12+,14-/m0/s1. The molecule has 1 fully saturated rings. The first-order chi connectivity index (χ1) is 12.0. The number of carboxylic acids is 1. The number of Topliss-reactive ketones (excluding diaryl/α,β-unsaturated/α-hetero) is 1. The summed E-state index contributed by atoms with van der Waals surface area (Å²) in [6.07, 6.45) is -16.3. The average molecular weight is 384 g/mol. The number of ketones is 1. The molecule has 0 bridgehead atoms. The van der Waals surface area contributed by atoms with Crippen molar-refractivity contribution in [3.63, 3.8) is 0 Å². The van der Waals surface area contributed by atoms with E-state index in [0.717, 1.165) is 0 Å². The second kappa shape index (κ2) is 9.64. The van der Waals surface area contributed by atoms with E-state index in [1.54, 1.807) is 0 Å². The number of aliphatic carboxylic acids is 1. The number of aliphatic hydroxyl groups excluding tert-OH is 7. The molecule has 0 aromatic carbocycles. The fourth-order valence-corrected chi connectivity index (χ4v) is 2.40. The molecule has 0 unspecified atom stereocenters. The zero-order valence-corrected chi connectivity index (χ0v) is 13.8. The first-order valence-corrected chi connectivity index (χ1v) is 7.77. The highest BCUT2D eigenvalue weighted by Crippen LogP contribution is 2.25. The summed E-state index contributed by atoms with van der Waals surface area (Å²) >= 11 is 0. The predicted octanol–water partition coefficient (Wildman–Crippen LogP) is -4.68. The van der Waals surface area contributed by atoms with Crippen molar-refractivity contribution in [1.29, 1.82) is 0 Å². The normalized spacial score (nSPS) is 33.9. The molecule has 0 saturated carbocycles. The van der Waals surface area contributed by atoms with Gasteiger partial charge >= 0.3 is 5.97 Å². The maximum absolute atomic E-state index is 11.3. The lowest BCUT2D eigenvalue weighted by atomic mass is 9.97. The highest BCUT2D eigenvalue weighted by atomic mass is 16.7. The van der Waals surface area contributed by atoms with Gasteiger partial charge in [-0.1, -0.05) is 0 Å². The minimum absolute atomic E-state index is 0.952. The van der Waals surface area contributed by atoms with Gasteiger partial charge in [0.05, 0.1) is 18.8 Å². The smallest absolute Gasteiger partial charge is 0.372 e. The zero-order chi connectivity index (χ0) is 20.2. The van der Waals surface area contributed by atoms with Gasteiger partial charge < -0.3 is 50.3 Å². The summed E-state index contributed by atoms with van der Waals surface area (Å²) in [4.78, 5) is 21.9. The lowest BCUT2D eigenvalue weighted by molar-refractivity contribution is -0.320. The molecular formula is C14H24O12. The van der Waals surface area contributed by atoms with Crippen molar-refractivity contribution in [1.82, 2.24) is 0 Å². The Bertz CT molecular complexity index is 485. The minimum Gasteiger partial charge on any atom is -0.475 e. The molecule has 0 amide bonds. The molecule has 0 radical (unpaired) electrons. The van der Waals surface area contributed by atoms with Crippen molar-refractivity contribution in [2.75, 3.05) is 6.61 Å². The number of carbonyl (C=O) groups is 2. The molecule has 12 heteroatoms. The quantitative estimate of drug-likeness (QED) is 0.176. The van der Waals surface area contributed by atoms with Crippen LogP contribution < -0.4 is 0 Å². The van der Waals surface area contributed by atoms with Gasteiger partial charge in [-0.05, 0) is 6.92 Å². The number of ether oxygens (including phenoxy) is 2.